The van der Waals surface area contributed by atoms with Crippen LogP contribution >= 0.6 is 15.9 Å². The van der Waals surface area contributed by atoms with Crippen molar-refractivity contribution >= 4 is 27.8 Å². The number of benzene rings is 1. The van der Waals surface area contributed by atoms with Crippen LogP contribution in [0.5, 0.6) is 5.75 Å². The van der Waals surface area contributed by atoms with Crippen LogP contribution in [0.3, 0.4) is 0 Å². The lowest BCUT2D eigenvalue weighted by atomic mass is 9.82. The first-order valence-corrected chi connectivity index (χ1v) is 7.60. The first-order valence-electron chi connectivity index (χ1n) is 6.81. The van der Waals surface area contributed by atoms with Crippen LogP contribution in [0.15, 0.2) is 28.7 Å². The number of likely N-dealkylation sites (tertiary alicyclic amines) is 1. The smallest absolute Gasteiger partial charge is 0.311 e. The fraction of sp³-hybridized carbons (Fsp3) is 0.467. The van der Waals surface area contributed by atoms with E-state index in [0.717, 1.165) is 4.47 Å². The molecule has 1 aromatic carbocycles. The van der Waals surface area contributed by atoms with Gasteiger partial charge >= 0.3 is 5.97 Å². The van der Waals surface area contributed by atoms with Crippen molar-refractivity contribution in [3.63, 3.8) is 0 Å². The van der Waals surface area contributed by atoms with Crippen LogP contribution in [0, 0.1) is 5.41 Å². The Bertz CT molecular complexity index is 548. The second-order valence-electron chi connectivity index (χ2n) is 5.50. The number of carbonyl (C=O) groups excluding carboxylic acids is 1. The van der Waals surface area contributed by atoms with Gasteiger partial charge in [0.2, 0.25) is 0 Å². The zero-order chi connectivity index (χ0) is 15.5. The van der Waals surface area contributed by atoms with Gasteiger partial charge in [-0.15, -0.1) is 0 Å². The molecule has 0 bridgehead atoms. The molecule has 1 aliphatic rings. The number of halogens is 1. The van der Waals surface area contributed by atoms with Gasteiger partial charge in [0.25, 0.3) is 5.91 Å². The maximum Gasteiger partial charge on any atom is 0.311 e. The van der Waals surface area contributed by atoms with E-state index >= 15 is 0 Å². The van der Waals surface area contributed by atoms with E-state index in [2.05, 4.69) is 15.9 Å². The van der Waals surface area contributed by atoms with Gasteiger partial charge in [-0.3, -0.25) is 9.59 Å². The van der Waals surface area contributed by atoms with E-state index in [9.17, 15) is 14.7 Å². The number of para-hydroxylation sites is 1. The zero-order valence-electron chi connectivity index (χ0n) is 11.8. The molecular formula is C15H18BrNO4. The summed E-state index contributed by atoms with van der Waals surface area (Å²) in [6.45, 7) is 2.42. The van der Waals surface area contributed by atoms with Crippen LogP contribution in [-0.4, -0.2) is 41.6 Å². The predicted octanol–water partition coefficient (Wildman–Crippen LogP) is 2.54. The average molecular weight is 356 g/mol. The molecule has 0 aliphatic carbocycles. The van der Waals surface area contributed by atoms with Crippen molar-refractivity contribution in [3.05, 3.63) is 28.7 Å². The molecule has 1 heterocycles. The number of hydrogen-bond acceptors (Lipinski definition) is 3. The van der Waals surface area contributed by atoms with Crippen molar-refractivity contribution in [2.45, 2.75) is 19.8 Å². The van der Waals surface area contributed by atoms with Gasteiger partial charge < -0.3 is 14.7 Å². The third-order valence-corrected chi connectivity index (χ3v) is 4.41. The van der Waals surface area contributed by atoms with Gasteiger partial charge in [0.1, 0.15) is 5.75 Å². The number of piperidine rings is 1. The maximum absolute atomic E-state index is 12.2. The third-order valence-electron chi connectivity index (χ3n) is 3.75. The molecule has 114 valence electrons. The highest BCUT2D eigenvalue weighted by Gasteiger charge is 2.39. The molecule has 1 aliphatic heterocycles. The Morgan fingerprint density at radius 2 is 2.14 bits per heavy atom. The van der Waals surface area contributed by atoms with Crippen LogP contribution in [-0.2, 0) is 9.59 Å². The van der Waals surface area contributed by atoms with Gasteiger partial charge in [0.05, 0.1) is 9.89 Å². The Morgan fingerprint density at radius 1 is 1.43 bits per heavy atom. The largest absolute Gasteiger partial charge is 0.483 e. The molecule has 1 unspecified atom stereocenters. The van der Waals surface area contributed by atoms with E-state index in [4.69, 9.17) is 4.74 Å². The molecule has 0 radical (unpaired) electrons. The molecule has 0 saturated carbocycles. The fourth-order valence-corrected chi connectivity index (χ4v) is 2.82. The third kappa shape index (κ3) is 3.75. The summed E-state index contributed by atoms with van der Waals surface area (Å²) >= 11 is 3.35. The highest BCUT2D eigenvalue weighted by atomic mass is 79.9. The highest BCUT2D eigenvalue weighted by Crippen LogP contribution is 2.30. The maximum atomic E-state index is 12.2. The summed E-state index contributed by atoms with van der Waals surface area (Å²) in [5.74, 6) is -0.437. The summed E-state index contributed by atoms with van der Waals surface area (Å²) in [6.07, 6.45) is 1.29. The molecule has 2 rings (SSSR count). The molecule has 21 heavy (non-hydrogen) atoms. The van der Waals surface area contributed by atoms with Crippen molar-refractivity contribution in [3.8, 4) is 5.75 Å². The van der Waals surface area contributed by atoms with E-state index in [1.165, 1.54) is 0 Å². The minimum atomic E-state index is -0.860. The van der Waals surface area contributed by atoms with Gasteiger partial charge in [0.15, 0.2) is 6.61 Å². The Labute approximate surface area is 132 Å². The average Bonchev–Trinajstić information content (AvgIpc) is 2.46. The summed E-state index contributed by atoms with van der Waals surface area (Å²) in [5, 5.41) is 9.27. The van der Waals surface area contributed by atoms with E-state index in [1.54, 1.807) is 17.9 Å². The predicted molar refractivity (Wildman–Crippen MR) is 81.2 cm³/mol. The van der Waals surface area contributed by atoms with Crippen LogP contribution in [0.4, 0.5) is 0 Å². The quantitative estimate of drug-likeness (QED) is 0.901. The second kappa shape index (κ2) is 6.47. The fourth-order valence-electron chi connectivity index (χ4n) is 2.42. The lowest BCUT2D eigenvalue weighted by Crippen LogP contribution is -2.49. The first kappa shape index (κ1) is 15.8. The lowest BCUT2D eigenvalue weighted by molar-refractivity contribution is -0.153. The van der Waals surface area contributed by atoms with Gasteiger partial charge in [0, 0.05) is 13.1 Å². The Kier molecular flexibility index (Phi) is 4.88. The molecule has 6 heteroatoms. The summed E-state index contributed by atoms with van der Waals surface area (Å²) in [6, 6.07) is 7.30. The van der Waals surface area contributed by atoms with Crippen LogP contribution in [0.2, 0.25) is 0 Å². The minimum Gasteiger partial charge on any atom is -0.483 e. The Hall–Kier alpha value is -1.56. The Balaban J connectivity index is 1.94. The summed E-state index contributed by atoms with van der Waals surface area (Å²) < 4.78 is 6.28. The number of ether oxygens (including phenoxy) is 1. The molecule has 1 aromatic rings. The van der Waals surface area contributed by atoms with Crippen molar-refractivity contribution < 1.29 is 19.4 Å². The van der Waals surface area contributed by atoms with E-state index in [0.29, 0.717) is 25.1 Å². The normalized spacial score (nSPS) is 21.9. The number of carbonyl (C=O) groups is 2. The molecule has 5 nitrogen and oxygen atoms in total. The van der Waals surface area contributed by atoms with Gasteiger partial charge in [-0.05, 0) is 47.8 Å². The molecule has 1 atom stereocenters. The highest BCUT2D eigenvalue weighted by molar-refractivity contribution is 9.10. The number of rotatable bonds is 4. The van der Waals surface area contributed by atoms with Crippen LogP contribution in [0.25, 0.3) is 0 Å². The number of amides is 1. The molecule has 0 aromatic heterocycles. The SMILES string of the molecule is CC1(C(=O)O)CCCN(C(=O)COc2ccccc2Br)C1. The number of carboxylic acids is 1. The van der Waals surface area contributed by atoms with Crippen molar-refractivity contribution in [1.29, 1.82) is 0 Å². The molecule has 1 amide bonds. The van der Waals surface area contributed by atoms with Crippen molar-refractivity contribution in [2.75, 3.05) is 19.7 Å². The molecule has 1 N–H and O–H groups in total. The standard InChI is InChI=1S/C15H18BrNO4/c1-15(14(19)20)7-4-8-17(10-15)13(18)9-21-12-6-3-2-5-11(12)16/h2-3,5-6H,4,7-10H2,1H3,(H,19,20). The number of nitrogens with zero attached hydrogens (tertiary/aromatic N) is 1. The van der Waals surface area contributed by atoms with E-state index in [1.807, 2.05) is 18.2 Å². The first-order chi connectivity index (χ1) is 9.92. The Morgan fingerprint density at radius 3 is 2.81 bits per heavy atom. The molecular weight excluding hydrogens is 338 g/mol. The molecule has 1 saturated heterocycles. The molecule has 0 spiro atoms. The van der Waals surface area contributed by atoms with Crippen molar-refractivity contribution in [1.82, 2.24) is 4.90 Å². The summed E-state index contributed by atoms with van der Waals surface area (Å²) in [7, 11) is 0. The summed E-state index contributed by atoms with van der Waals surface area (Å²) in [5.41, 5.74) is -0.860. The molecule has 1 fully saturated rings. The summed E-state index contributed by atoms with van der Waals surface area (Å²) in [4.78, 5) is 25.1. The zero-order valence-corrected chi connectivity index (χ0v) is 13.4. The van der Waals surface area contributed by atoms with Gasteiger partial charge in [-0.2, -0.15) is 0 Å². The number of aliphatic carboxylic acids is 1. The number of hydrogen-bond donors (Lipinski definition) is 1. The van der Waals surface area contributed by atoms with Gasteiger partial charge in [-0.25, -0.2) is 0 Å². The number of carboxylic acid groups (broad SMARTS) is 1. The second-order valence-corrected chi connectivity index (χ2v) is 6.36. The monoisotopic (exact) mass is 355 g/mol. The van der Waals surface area contributed by atoms with Crippen molar-refractivity contribution in [2.24, 2.45) is 5.41 Å². The van der Waals surface area contributed by atoms with E-state index < -0.39 is 11.4 Å². The minimum absolute atomic E-state index is 0.0850. The topological polar surface area (TPSA) is 66.8 Å². The van der Waals surface area contributed by atoms with Gasteiger partial charge in [-0.1, -0.05) is 12.1 Å². The lowest BCUT2D eigenvalue weighted by Gasteiger charge is -2.37. The van der Waals surface area contributed by atoms with Crippen LogP contribution < -0.4 is 4.74 Å². The van der Waals surface area contributed by atoms with E-state index in [-0.39, 0.29) is 19.1 Å². The van der Waals surface area contributed by atoms with Crippen LogP contribution in [0.1, 0.15) is 19.8 Å².